The quantitative estimate of drug-likeness (QED) is 0.334. The van der Waals surface area contributed by atoms with Gasteiger partial charge in [0.1, 0.15) is 17.2 Å². The molecule has 7 nitrogen and oxygen atoms in total. The Morgan fingerprint density at radius 2 is 1.90 bits per heavy atom. The van der Waals surface area contributed by atoms with Gasteiger partial charge in [0.2, 0.25) is 0 Å². The summed E-state index contributed by atoms with van der Waals surface area (Å²) in [5, 5.41) is 20.2. The van der Waals surface area contributed by atoms with E-state index >= 15 is 0 Å². The lowest BCUT2D eigenvalue weighted by molar-refractivity contribution is 0.470. The number of H-pyrrole nitrogens is 1. The highest BCUT2D eigenvalue weighted by molar-refractivity contribution is 6.30. The van der Waals surface area contributed by atoms with E-state index in [0.29, 0.717) is 33.7 Å². The maximum atomic E-state index is 11.0. The number of aromatic hydroxyl groups is 1. The third-order valence-electron chi connectivity index (χ3n) is 4.94. The number of nitrogen functional groups attached to an aromatic ring is 1. The van der Waals surface area contributed by atoms with Crippen molar-refractivity contribution < 1.29 is 5.11 Å². The summed E-state index contributed by atoms with van der Waals surface area (Å²) in [6.07, 6.45) is 0.807. The van der Waals surface area contributed by atoms with Crippen molar-refractivity contribution in [2.45, 2.75) is 26.3 Å². The average Bonchev–Trinajstić information content (AvgIpc) is 3.25. The van der Waals surface area contributed by atoms with E-state index in [1.165, 1.54) is 0 Å². The first kappa shape index (κ1) is 19.0. The Bertz CT molecular complexity index is 1160. The van der Waals surface area contributed by atoms with Crippen LogP contribution < -0.4 is 5.73 Å². The van der Waals surface area contributed by atoms with Gasteiger partial charge >= 0.3 is 0 Å². The van der Waals surface area contributed by atoms with E-state index in [1.807, 2.05) is 38.1 Å². The minimum absolute atomic E-state index is 0.0122. The summed E-state index contributed by atoms with van der Waals surface area (Å²) in [6.45, 7) is 4.06. The number of para-hydroxylation sites is 2. The number of aromatic amines is 1. The normalized spacial score (nSPS) is 12.8. The lowest BCUT2D eigenvalue weighted by Gasteiger charge is -2.14. The molecular weight excluding hydrogens is 388 g/mol. The molecule has 2 aromatic carbocycles. The van der Waals surface area contributed by atoms with Crippen LogP contribution in [0.5, 0.6) is 5.75 Å². The van der Waals surface area contributed by atoms with Gasteiger partial charge in [-0.15, -0.1) is 10.2 Å². The van der Waals surface area contributed by atoms with Gasteiger partial charge in [0.25, 0.3) is 0 Å². The zero-order valence-electron chi connectivity index (χ0n) is 16.1. The molecule has 29 heavy (non-hydrogen) atoms. The third-order valence-corrected chi connectivity index (χ3v) is 5.19. The largest absolute Gasteiger partial charge is 0.504 e. The number of nitrogens with zero attached hydrogens (tertiary/aromatic N) is 4. The number of benzene rings is 2. The highest BCUT2D eigenvalue weighted by Crippen LogP contribution is 2.46. The zero-order valence-corrected chi connectivity index (χ0v) is 16.9. The van der Waals surface area contributed by atoms with Crippen LogP contribution in [-0.4, -0.2) is 19.6 Å². The fourth-order valence-corrected chi connectivity index (χ4v) is 3.35. The number of azo groups is 1. The summed E-state index contributed by atoms with van der Waals surface area (Å²) in [6, 6.07) is 14.6. The monoisotopic (exact) mass is 408 g/mol. The Morgan fingerprint density at radius 1 is 1.17 bits per heavy atom. The number of hydrogen-bond donors (Lipinski definition) is 3. The van der Waals surface area contributed by atoms with Crippen LogP contribution in [0, 0.1) is 0 Å². The highest BCUT2D eigenvalue weighted by atomic mass is 35.5. The number of hydrogen-bond acceptors (Lipinski definition) is 5. The molecule has 2 aromatic heterocycles. The number of nitrogens with one attached hydrogen (secondary N) is 1. The number of fused-ring (bicyclic) bond motifs is 1. The zero-order chi connectivity index (χ0) is 20.5. The van der Waals surface area contributed by atoms with Crippen LogP contribution in [-0.2, 0) is 0 Å². The van der Waals surface area contributed by atoms with Crippen LogP contribution in [0.3, 0.4) is 0 Å². The summed E-state index contributed by atoms with van der Waals surface area (Å²) in [5.41, 5.74) is 9.15. The molecule has 0 amide bonds. The standard InChI is InChI=1S/C21H21ClN6O/c1-3-12(2)28-19(23)17(20-24-15-6-4-5-7-16(15)25-20)18(29)21(28)27-26-14-10-8-13(22)9-11-14/h4-12,29H,3,23H2,1-2H3,(H,24,25). The van der Waals surface area contributed by atoms with Gasteiger partial charge in [-0.05, 0) is 49.7 Å². The summed E-state index contributed by atoms with van der Waals surface area (Å²) >= 11 is 5.92. The van der Waals surface area contributed by atoms with E-state index in [-0.39, 0.29) is 11.8 Å². The second-order valence-electron chi connectivity index (χ2n) is 6.84. The Labute approximate surface area is 172 Å². The van der Waals surface area contributed by atoms with Gasteiger partial charge in [0.05, 0.1) is 16.7 Å². The second kappa shape index (κ2) is 7.60. The van der Waals surface area contributed by atoms with Crippen molar-refractivity contribution in [1.29, 1.82) is 0 Å². The molecule has 1 atom stereocenters. The summed E-state index contributed by atoms with van der Waals surface area (Å²) in [4.78, 5) is 7.80. The Balaban J connectivity index is 1.86. The molecule has 0 aliphatic rings. The minimum atomic E-state index is -0.0560. The molecule has 0 aliphatic heterocycles. The third kappa shape index (κ3) is 3.45. The molecule has 4 N–H and O–H groups in total. The number of anilines is 1. The molecule has 0 saturated carbocycles. The van der Waals surface area contributed by atoms with Gasteiger partial charge in [-0.3, -0.25) is 0 Å². The molecule has 0 radical (unpaired) electrons. The Hall–Kier alpha value is -3.32. The minimum Gasteiger partial charge on any atom is -0.504 e. The van der Waals surface area contributed by atoms with E-state index in [2.05, 4.69) is 20.2 Å². The van der Waals surface area contributed by atoms with Crippen molar-refractivity contribution in [3.05, 3.63) is 53.6 Å². The fourth-order valence-electron chi connectivity index (χ4n) is 3.22. The van der Waals surface area contributed by atoms with E-state index in [4.69, 9.17) is 17.3 Å². The van der Waals surface area contributed by atoms with Crippen LogP contribution in [0.2, 0.25) is 5.02 Å². The molecule has 2 heterocycles. The lowest BCUT2D eigenvalue weighted by Crippen LogP contribution is -2.07. The van der Waals surface area contributed by atoms with Crippen LogP contribution in [0.4, 0.5) is 17.3 Å². The van der Waals surface area contributed by atoms with Crippen molar-refractivity contribution in [3.63, 3.8) is 0 Å². The van der Waals surface area contributed by atoms with Crippen molar-refractivity contribution in [2.75, 3.05) is 5.73 Å². The molecule has 0 saturated heterocycles. The van der Waals surface area contributed by atoms with Crippen molar-refractivity contribution in [2.24, 2.45) is 10.2 Å². The van der Waals surface area contributed by atoms with Crippen molar-refractivity contribution in [3.8, 4) is 17.1 Å². The van der Waals surface area contributed by atoms with E-state index < -0.39 is 0 Å². The summed E-state index contributed by atoms with van der Waals surface area (Å²) in [5.74, 6) is 1.12. The number of nitrogens with two attached hydrogens (primary N) is 1. The van der Waals surface area contributed by atoms with Gasteiger partial charge in [-0.1, -0.05) is 30.7 Å². The van der Waals surface area contributed by atoms with E-state index in [1.54, 1.807) is 28.8 Å². The van der Waals surface area contributed by atoms with Gasteiger partial charge in [-0.2, -0.15) is 0 Å². The fraction of sp³-hybridized carbons (Fsp3) is 0.190. The SMILES string of the molecule is CCC(C)n1c(N)c(-c2nc3ccccc3[nH]2)c(O)c1N=Nc1ccc(Cl)cc1. The summed E-state index contributed by atoms with van der Waals surface area (Å²) in [7, 11) is 0. The first-order valence-electron chi connectivity index (χ1n) is 9.34. The molecule has 0 bridgehead atoms. The van der Waals surface area contributed by atoms with E-state index in [0.717, 1.165) is 17.5 Å². The van der Waals surface area contributed by atoms with Crippen molar-refractivity contribution in [1.82, 2.24) is 14.5 Å². The second-order valence-corrected chi connectivity index (χ2v) is 7.28. The van der Waals surface area contributed by atoms with Gasteiger partial charge < -0.3 is 20.4 Å². The molecule has 8 heteroatoms. The molecule has 1 unspecified atom stereocenters. The van der Waals surface area contributed by atoms with Gasteiger partial charge in [0.15, 0.2) is 11.6 Å². The van der Waals surface area contributed by atoms with Gasteiger partial charge in [0, 0.05) is 11.1 Å². The highest BCUT2D eigenvalue weighted by Gasteiger charge is 2.26. The van der Waals surface area contributed by atoms with E-state index in [9.17, 15) is 5.11 Å². The molecule has 4 rings (SSSR count). The predicted molar refractivity (Wildman–Crippen MR) is 116 cm³/mol. The number of aromatic nitrogens is 3. The number of halogens is 1. The molecule has 0 fully saturated rings. The molecule has 4 aromatic rings. The maximum Gasteiger partial charge on any atom is 0.200 e. The van der Waals surface area contributed by atoms with Gasteiger partial charge in [-0.25, -0.2) is 4.98 Å². The molecule has 0 aliphatic carbocycles. The number of imidazole rings is 1. The van der Waals surface area contributed by atoms with Crippen LogP contribution in [0.15, 0.2) is 58.8 Å². The Morgan fingerprint density at radius 3 is 2.59 bits per heavy atom. The lowest BCUT2D eigenvalue weighted by atomic mass is 10.2. The predicted octanol–water partition coefficient (Wildman–Crippen LogP) is 6.36. The first-order valence-corrected chi connectivity index (χ1v) is 9.72. The van der Waals surface area contributed by atoms with Crippen LogP contribution in [0.1, 0.15) is 26.3 Å². The Kier molecular flexibility index (Phi) is 4.98. The maximum absolute atomic E-state index is 11.0. The average molecular weight is 409 g/mol. The summed E-state index contributed by atoms with van der Waals surface area (Å²) < 4.78 is 1.79. The van der Waals surface area contributed by atoms with Crippen LogP contribution >= 0.6 is 11.6 Å². The van der Waals surface area contributed by atoms with Crippen molar-refractivity contribution >= 4 is 40.0 Å². The van der Waals surface area contributed by atoms with Crippen LogP contribution in [0.25, 0.3) is 22.4 Å². The topological polar surface area (TPSA) is 105 Å². The number of rotatable bonds is 5. The molecule has 148 valence electrons. The molecular formula is C21H21ClN6O. The smallest absolute Gasteiger partial charge is 0.200 e. The first-order chi connectivity index (χ1) is 14.0. The molecule has 0 spiro atoms.